The number of nitrogens with one attached hydrogen (secondary N) is 1. The molecule has 0 aromatic rings. The zero-order chi connectivity index (χ0) is 13.9. The van der Waals surface area contributed by atoms with Gasteiger partial charge in [0.1, 0.15) is 0 Å². The SMILES string of the molecule is CCC1CCCCC1OCCNCCCOC(C)C. The summed E-state index contributed by atoms with van der Waals surface area (Å²) in [5.74, 6) is 0.799. The summed E-state index contributed by atoms with van der Waals surface area (Å²) in [4.78, 5) is 0. The largest absolute Gasteiger partial charge is 0.379 e. The predicted molar refractivity (Wildman–Crippen MR) is 80.6 cm³/mol. The van der Waals surface area contributed by atoms with Gasteiger partial charge >= 0.3 is 0 Å². The van der Waals surface area contributed by atoms with Crippen LogP contribution in [0.1, 0.15) is 59.3 Å². The third kappa shape index (κ3) is 7.91. The van der Waals surface area contributed by atoms with E-state index in [1.807, 2.05) is 0 Å². The summed E-state index contributed by atoms with van der Waals surface area (Å²) in [7, 11) is 0. The normalized spacial score (nSPS) is 24.0. The van der Waals surface area contributed by atoms with Crippen LogP contribution in [0.4, 0.5) is 0 Å². The van der Waals surface area contributed by atoms with Gasteiger partial charge in [-0.25, -0.2) is 0 Å². The molecule has 1 fully saturated rings. The standard InChI is InChI=1S/C16H33NO2/c1-4-15-8-5-6-9-16(15)19-13-11-17-10-7-12-18-14(2)3/h14-17H,4-13H2,1-3H3. The van der Waals surface area contributed by atoms with E-state index in [-0.39, 0.29) is 0 Å². The van der Waals surface area contributed by atoms with Crippen LogP contribution in [0.25, 0.3) is 0 Å². The van der Waals surface area contributed by atoms with E-state index in [0.29, 0.717) is 12.2 Å². The van der Waals surface area contributed by atoms with Crippen LogP contribution in [0.3, 0.4) is 0 Å². The topological polar surface area (TPSA) is 30.5 Å². The van der Waals surface area contributed by atoms with Gasteiger partial charge in [-0.15, -0.1) is 0 Å². The molecule has 1 saturated carbocycles. The lowest BCUT2D eigenvalue weighted by Crippen LogP contribution is -2.30. The van der Waals surface area contributed by atoms with E-state index in [1.165, 1.54) is 32.1 Å². The minimum Gasteiger partial charge on any atom is -0.379 e. The molecule has 3 heteroatoms. The van der Waals surface area contributed by atoms with E-state index in [9.17, 15) is 0 Å². The zero-order valence-electron chi connectivity index (χ0n) is 13.1. The Morgan fingerprint density at radius 3 is 2.63 bits per heavy atom. The lowest BCUT2D eigenvalue weighted by atomic mass is 9.85. The van der Waals surface area contributed by atoms with E-state index < -0.39 is 0 Å². The maximum Gasteiger partial charge on any atom is 0.0603 e. The third-order valence-corrected chi connectivity index (χ3v) is 3.92. The molecular weight excluding hydrogens is 238 g/mol. The molecular formula is C16H33NO2. The highest BCUT2D eigenvalue weighted by molar-refractivity contribution is 4.74. The Bertz CT molecular complexity index is 209. The highest BCUT2D eigenvalue weighted by Crippen LogP contribution is 2.28. The first-order valence-electron chi connectivity index (χ1n) is 8.18. The molecule has 1 aliphatic rings. The van der Waals surface area contributed by atoms with Crippen LogP contribution in [0.2, 0.25) is 0 Å². The molecule has 0 radical (unpaired) electrons. The van der Waals surface area contributed by atoms with Crippen LogP contribution < -0.4 is 5.32 Å². The fourth-order valence-corrected chi connectivity index (χ4v) is 2.78. The molecule has 0 amide bonds. The van der Waals surface area contributed by atoms with E-state index in [2.05, 4.69) is 26.1 Å². The van der Waals surface area contributed by atoms with Gasteiger partial charge in [-0.1, -0.05) is 26.2 Å². The van der Waals surface area contributed by atoms with Gasteiger partial charge in [0.15, 0.2) is 0 Å². The van der Waals surface area contributed by atoms with E-state index in [1.54, 1.807) is 0 Å². The van der Waals surface area contributed by atoms with Crippen molar-refractivity contribution in [2.45, 2.75) is 71.5 Å². The van der Waals surface area contributed by atoms with Crippen molar-refractivity contribution in [3.8, 4) is 0 Å². The zero-order valence-corrected chi connectivity index (χ0v) is 13.1. The molecule has 114 valence electrons. The second-order valence-corrected chi connectivity index (χ2v) is 5.89. The first kappa shape index (κ1) is 16.9. The van der Waals surface area contributed by atoms with Gasteiger partial charge in [0, 0.05) is 13.2 Å². The van der Waals surface area contributed by atoms with Gasteiger partial charge in [-0.05, 0) is 45.6 Å². The van der Waals surface area contributed by atoms with E-state index in [0.717, 1.165) is 38.6 Å². The van der Waals surface area contributed by atoms with Crippen LogP contribution in [-0.2, 0) is 9.47 Å². The van der Waals surface area contributed by atoms with Gasteiger partial charge in [-0.3, -0.25) is 0 Å². The summed E-state index contributed by atoms with van der Waals surface area (Å²) in [5, 5.41) is 3.43. The molecule has 0 heterocycles. The molecule has 1 N–H and O–H groups in total. The Morgan fingerprint density at radius 1 is 1.11 bits per heavy atom. The fourth-order valence-electron chi connectivity index (χ4n) is 2.78. The van der Waals surface area contributed by atoms with Crippen molar-refractivity contribution in [1.29, 1.82) is 0 Å². The molecule has 2 atom stereocenters. The molecule has 2 unspecified atom stereocenters. The molecule has 1 aliphatic carbocycles. The lowest BCUT2D eigenvalue weighted by molar-refractivity contribution is -0.0104. The van der Waals surface area contributed by atoms with Crippen molar-refractivity contribution in [1.82, 2.24) is 5.32 Å². The summed E-state index contributed by atoms with van der Waals surface area (Å²) >= 11 is 0. The van der Waals surface area contributed by atoms with Crippen molar-refractivity contribution >= 4 is 0 Å². The number of rotatable bonds is 10. The Morgan fingerprint density at radius 2 is 1.89 bits per heavy atom. The van der Waals surface area contributed by atoms with Crippen LogP contribution in [0.5, 0.6) is 0 Å². The van der Waals surface area contributed by atoms with E-state index >= 15 is 0 Å². The maximum atomic E-state index is 6.04. The summed E-state index contributed by atoms with van der Waals surface area (Å²) in [6.45, 7) is 10.1. The van der Waals surface area contributed by atoms with Gasteiger partial charge in [0.2, 0.25) is 0 Å². The molecule has 19 heavy (non-hydrogen) atoms. The van der Waals surface area contributed by atoms with E-state index in [4.69, 9.17) is 9.47 Å². The second kappa shape index (κ2) is 10.6. The monoisotopic (exact) mass is 271 g/mol. The van der Waals surface area contributed by atoms with Gasteiger partial charge in [0.05, 0.1) is 18.8 Å². The molecule has 0 aliphatic heterocycles. The van der Waals surface area contributed by atoms with Crippen LogP contribution in [0.15, 0.2) is 0 Å². The lowest BCUT2D eigenvalue weighted by Gasteiger charge is -2.30. The van der Waals surface area contributed by atoms with Crippen molar-refractivity contribution < 1.29 is 9.47 Å². The minimum atomic E-state index is 0.348. The number of hydrogen-bond acceptors (Lipinski definition) is 3. The number of hydrogen-bond donors (Lipinski definition) is 1. The molecule has 0 bridgehead atoms. The Kier molecular flexibility index (Phi) is 9.48. The summed E-state index contributed by atoms with van der Waals surface area (Å²) in [6.07, 6.45) is 8.59. The van der Waals surface area contributed by atoms with Gasteiger partial charge in [0.25, 0.3) is 0 Å². The average molecular weight is 271 g/mol. The molecule has 3 nitrogen and oxygen atoms in total. The Hall–Kier alpha value is -0.120. The van der Waals surface area contributed by atoms with Crippen LogP contribution in [0, 0.1) is 5.92 Å². The van der Waals surface area contributed by atoms with Crippen molar-refractivity contribution in [2.75, 3.05) is 26.3 Å². The maximum absolute atomic E-state index is 6.04. The second-order valence-electron chi connectivity index (χ2n) is 5.89. The average Bonchev–Trinajstić information content (AvgIpc) is 2.42. The highest BCUT2D eigenvalue weighted by atomic mass is 16.5. The summed E-state index contributed by atoms with van der Waals surface area (Å²) < 4.78 is 11.5. The Labute approximate surface area is 119 Å². The van der Waals surface area contributed by atoms with Gasteiger partial charge in [-0.2, -0.15) is 0 Å². The highest BCUT2D eigenvalue weighted by Gasteiger charge is 2.23. The smallest absolute Gasteiger partial charge is 0.0603 e. The Balaban J connectivity index is 1.92. The predicted octanol–water partition coefficient (Wildman–Crippen LogP) is 3.38. The minimum absolute atomic E-state index is 0.348. The third-order valence-electron chi connectivity index (χ3n) is 3.92. The van der Waals surface area contributed by atoms with Crippen LogP contribution in [-0.4, -0.2) is 38.5 Å². The molecule has 0 saturated heterocycles. The first-order valence-corrected chi connectivity index (χ1v) is 8.18. The molecule has 0 spiro atoms. The summed E-state index contributed by atoms with van der Waals surface area (Å²) in [6, 6.07) is 0. The first-order chi connectivity index (χ1) is 9.24. The van der Waals surface area contributed by atoms with Crippen molar-refractivity contribution in [3.05, 3.63) is 0 Å². The molecule has 1 rings (SSSR count). The van der Waals surface area contributed by atoms with Gasteiger partial charge < -0.3 is 14.8 Å². The molecule has 0 aromatic heterocycles. The van der Waals surface area contributed by atoms with Crippen LogP contribution >= 0.6 is 0 Å². The summed E-state index contributed by atoms with van der Waals surface area (Å²) in [5.41, 5.74) is 0. The number of ether oxygens (including phenoxy) is 2. The molecule has 0 aromatic carbocycles. The van der Waals surface area contributed by atoms with Crippen molar-refractivity contribution in [2.24, 2.45) is 5.92 Å². The fraction of sp³-hybridized carbons (Fsp3) is 1.00. The van der Waals surface area contributed by atoms with Crippen molar-refractivity contribution in [3.63, 3.8) is 0 Å². The quantitative estimate of drug-likeness (QED) is 0.618.